The molecule has 16 heteroatoms. The number of nitrogens with one attached hydrogen (secondary N) is 1. The van der Waals surface area contributed by atoms with Gasteiger partial charge in [0.25, 0.3) is 0 Å². The average molecular weight is 532 g/mol. The highest BCUT2D eigenvalue weighted by Gasteiger charge is 2.49. The zero-order valence-corrected chi connectivity index (χ0v) is 19.7. The molecule has 0 aromatic rings. The van der Waals surface area contributed by atoms with Crippen LogP contribution in [0.2, 0.25) is 0 Å². The first-order valence-corrected chi connectivity index (χ1v) is 11.4. The summed E-state index contributed by atoms with van der Waals surface area (Å²) < 4.78 is 21.9. The fourth-order valence-corrected chi connectivity index (χ4v) is 3.98. The molecule has 16 nitrogen and oxygen atoms in total. The fraction of sp³-hybridized carbons (Fsp3) is 0.950. The van der Waals surface area contributed by atoms with E-state index in [2.05, 4.69) is 5.32 Å². The van der Waals surface area contributed by atoms with Crippen LogP contribution >= 0.6 is 0 Å². The molecule has 0 aromatic carbocycles. The van der Waals surface area contributed by atoms with Crippen molar-refractivity contribution in [2.75, 3.05) is 19.8 Å². The maximum absolute atomic E-state index is 11.7. The maximum Gasteiger partial charge on any atom is 0.217 e. The third-order valence-electron chi connectivity index (χ3n) is 6.12. The number of amides is 1. The van der Waals surface area contributed by atoms with Crippen LogP contribution in [-0.2, 0) is 23.7 Å². The van der Waals surface area contributed by atoms with Gasteiger partial charge >= 0.3 is 0 Å². The second-order valence-electron chi connectivity index (χ2n) is 8.81. The van der Waals surface area contributed by atoms with Gasteiger partial charge in [-0.1, -0.05) is 0 Å². The highest BCUT2D eigenvalue weighted by Crippen LogP contribution is 2.28. The van der Waals surface area contributed by atoms with E-state index >= 15 is 0 Å². The Hall–Kier alpha value is -1.09. The third-order valence-corrected chi connectivity index (χ3v) is 6.12. The van der Waals surface area contributed by atoms with E-state index in [-0.39, 0.29) is 0 Å². The Labute approximate surface area is 206 Å². The number of ether oxygens (including phenoxy) is 4. The molecule has 0 bridgehead atoms. The van der Waals surface area contributed by atoms with Gasteiger partial charge in [0.1, 0.15) is 67.1 Å². The van der Waals surface area contributed by atoms with Crippen molar-refractivity contribution in [1.82, 2.24) is 5.32 Å². The zero-order valence-electron chi connectivity index (χ0n) is 19.7. The van der Waals surface area contributed by atoms with Gasteiger partial charge in [-0.15, -0.1) is 0 Å². The van der Waals surface area contributed by atoms with E-state index in [0.717, 1.165) is 6.92 Å². The SMILES string of the molecule is CC(=O)N[C@H]1[C@@H](O[C@@H]([C@@H](O)[C@H](O)CO)[C@H](CO)O[C@H]2O[C@H](C)[C@H](O)[C@H](O)[C@H]2O)O[C@H](CO)[C@H](O)[C@@H]1O. The molecule has 2 fully saturated rings. The molecular formula is C20H37NO15. The molecule has 14 atom stereocenters. The van der Waals surface area contributed by atoms with Crippen molar-refractivity contribution in [3.63, 3.8) is 0 Å². The zero-order chi connectivity index (χ0) is 27.3. The Balaban J connectivity index is 2.35. The van der Waals surface area contributed by atoms with E-state index in [1.807, 2.05) is 0 Å². The summed E-state index contributed by atoms with van der Waals surface area (Å²) in [4.78, 5) is 11.7. The lowest BCUT2D eigenvalue weighted by atomic mass is 9.96. The van der Waals surface area contributed by atoms with Crippen LogP contribution in [0.25, 0.3) is 0 Å². The van der Waals surface area contributed by atoms with Crippen LogP contribution in [0.15, 0.2) is 0 Å². The van der Waals surface area contributed by atoms with Crippen molar-refractivity contribution < 1.29 is 74.8 Å². The summed E-state index contributed by atoms with van der Waals surface area (Å²) in [5.74, 6) is -0.673. The van der Waals surface area contributed by atoms with E-state index in [9.17, 15) is 55.9 Å². The summed E-state index contributed by atoms with van der Waals surface area (Å²) in [5, 5.41) is 103. The Morgan fingerprint density at radius 1 is 0.861 bits per heavy atom. The van der Waals surface area contributed by atoms with Crippen LogP contribution in [0, 0.1) is 0 Å². The molecule has 2 aliphatic heterocycles. The van der Waals surface area contributed by atoms with E-state index in [0.29, 0.717) is 0 Å². The molecule has 0 aromatic heterocycles. The molecule has 2 aliphatic rings. The highest BCUT2D eigenvalue weighted by molar-refractivity contribution is 5.73. The summed E-state index contributed by atoms with van der Waals surface area (Å²) in [7, 11) is 0. The average Bonchev–Trinajstić information content (AvgIpc) is 2.85. The van der Waals surface area contributed by atoms with Gasteiger partial charge in [0.15, 0.2) is 12.6 Å². The summed E-state index contributed by atoms with van der Waals surface area (Å²) in [5.41, 5.74) is 0. The summed E-state index contributed by atoms with van der Waals surface area (Å²) in [6.45, 7) is -0.232. The molecule has 11 N–H and O–H groups in total. The van der Waals surface area contributed by atoms with E-state index < -0.39 is 111 Å². The minimum Gasteiger partial charge on any atom is -0.394 e. The molecule has 0 saturated carbocycles. The highest BCUT2D eigenvalue weighted by atomic mass is 16.7. The minimum absolute atomic E-state index is 0.673. The third kappa shape index (κ3) is 7.06. The molecule has 1 amide bonds. The number of carbonyl (C=O) groups is 1. The Morgan fingerprint density at radius 2 is 1.50 bits per heavy atom. The predicted molar refractivity (Wildman–Crippen MR) is 114 cm³/mol. The lowest BCUT2D eigenvalue weighted by Gasteiger charge is -2.45. The number of carbonyl (C=O) groups excluding carboxylic acids is 1. The first-order valence-electron chi connectivity index (χ1n) is 11.4. The predicted octanol–water partition coefficient (Wildman–Crippen LogP) is -6.77. The molecule has 2 saturated heterocycles. The number of hydrogen-bond donors (Lipinski definition) is 11. The van der Waals surface area contributed by atoms with E-state index in [1.165, 1.54) is 6.92 Å². The molecule has 0 unspecified atom stereocenters. The summed E-state index contributed by atoms with van der Waals surface area (Å²) in [6, 6.07) is -1.46. The molecule has 2 heterocycles. The number of rotatable bonds is 11. The maximum atomic E-state index is 11.7. The standard InChI is InChI=1S/C20H37NO15/c1-6-12(27)16(31)17(32)20(33-6)35-10(5-24)18(13(28)8(26)3-22)36-19-11(21-7(2)25)15(30)14(29)9(4-23)34-19/h6,8-20,22-24,26-32H,3-5H2,1-2H3,(H,21,25)/t6-,8-,9-,10+,11-,12+,13+,14+,15-,16+,17-,18-,19-,20-/m1/s1. The van der Waals surface area contributed by atoms with Crippen molar-refractivity contribution >= 4 is 5.91 Å². The Bertz CT molecular complexity index is 687. The second kappa shape index (κ2) is 13.6. The summed E-state index contributed by atoms with van der Waals surface area (Å²) in [6.07, 6.45) is -21.4. The molecule has 212 valence electrons. The molecule has 0 radical (unpaired) electrons. The fourth-order valence-electron chi connectivity index (χ4n) is 3.98. The van der Waals surface area contributed by atoms with Gasteiger partial charge in [0, 0.05) is 6.92 Å². The molecule has 36 heavy (non-hydrogen) atoms. The largest absolute Gasteiger partial charge is 0.394 e. The van der Waals surface area contributed by atoms with Crippen LogP contribution in [0.1, 0.15) is 13.8 Å². The molecule has 0 spiro atoms. The van der Waals surface area contributed by atoms with Crippen molar-refractivity contribution in [1.29, 1.82) is 0 Å². The molecular weight excluding hydrogens is 494 g/mol. The number of aliphatic hydroxyl groups excluding tert-OH is 10. The van der Waals surface area contributed by atoms with Gasteiger partial charge in [0.05, 0.1) is 25.9 Å². The van der Waals surface area contributed by atoms with Gasteiger partial charge in [-0.25, -0.2) is 0 Å². The molecule has 2 rings (SSSR count). The minimum atomic E-state index is -2.00. The topological polar surface area (TPSA) is 268 Å². The van der Waals surface area contributed by atoms with E-state index in [1.54, 1.807) is 0 Å². The molecule has 0 aliphatic carbocycles. The first-order chi connectivity index (χ1) is 16.9. The smallest absolute Gasteiger partial charge is 0.217 e. The van der Waals surface area contributed by atoms with Crippen molar-refractivity contribution in [3.8, 4) is 0 Å². The first kappa shape index (κ1) is 31.1. The Morgan fingerprint density at radius 3 is 2.03 bits per heavy atom. The van der Waals surface area contributed by atoms with Gasteiger partial charge in [0.2, 0.25) is 5.91 Å². The lowest BCUT2D eigenvalue weighted by Crippen LogP contribution is -2.66. The van der Waals surface area contributed by atoms with Gasteiger partial charge in [-0.2, -0.15) is 0 Å². The van der Waals surface area contributed by atoms with Crippen molar-refractivity contribution in [2.24, 2.45) is 0 Å². The second-order valence-corrected chi connectivity index (χ2v) is 8.81. The quantitative estimate of drug-likeness (QED) is 0.118. The van der Waals surface area contributed by atoms with Crippen LogP contribution in [-0.4, -0.2) is 163 Å². The van der Waals surface area contributed by atoms with Gasteiger partial charge < -0.3 is 75.3 Å². The lowest BCUT2D eigenvalue weighted by molar-refractivity contribution is -0.338. The van der Waals surface area contributed by atoms with Crippen molar-refractivity contribution in [3.05, 3.63) is 0 Å². The van der Waals surface area contributed by atoms with Crippen LogP contribution in [0.4, 0.5) is 0 Å². The normalized spacial score (nSPS) is 40.8. The van der Waals surface area contributed by atoms with Gasteiger partial charge in [-0.3, -0.25) is 4.79 Å². The van der Waals surface area contributed by atoms with E-state index in [4.69, 9.17) is 18.9 Å². The van der Waals surface area contributed by atoms with Gasteiger partial charge in [-0.05, 0) is 6.92 Å². The number of hydrogen-bond acceptors (Lipinski definition) is 15. The van der Waals surface area contributed by atoms with Crippen LogP contribution in [0.3, 0.4) is 0 Å². The van der Waals surface area contributed by atoms with Crippen LogP contribution in [0.5, 0.6) is 0 Å². The van der Waals surface area contributed by atoms with Crippen LogP contribution < -0.4 is 5.32 Å². The monoisotopic (exact) mass is 531 g/mol. The van der Waals surface area contributed by atoms with Crippen molar-refractivity contribution in [2.45, 2.75) is 99.6 Å². The summed E-state index contributed by atoms with van der Waals surface area (Å²) >= 11 is 0. The number of aliphatic hydroxyl groups is 10. The Kier molecular flexibility index (Phi) is 11.8.